The van der Waals surface area contributed by atoms with Gasteiger partial charge >= 0.3 is 23.9 Å². The minimum absolute atomic E-state index is 0.263. The van der Waals surface area contributed by atoms with E-state index in [2.05, 4.69) is 9.47 Å². The molecule has 1 saturated heterocycles. The molecular weight excluding hydrogens is 240 g/mol. The summed E-state index contributed by atoms with van der Waals surface area (Å²) in [5.74, 6) is -1.62. The molecule has 18 heavy (non-hydrogen) atoms. The summed E-state index contributed by atoms with van der Waals surface area (Å²) < 4.78 is 8.54. The monoisotopic (exact) mass is 258 g/mol. The maximum absolute atomic E-state index is 10.7. The molecule has 1 heterocycles. The first-order valence-electron chi connectivity index (χ1n) is 5.96. The van der Waals surface area contributed by atoms with Crippen LogP contribution in [-0.4, -0.2) is 23.9 Å². The first-order valence-corrected chi connectivity index (χ1v) is 5.96. The molecule has 0 N–H and O–H groups in total. The Balaban J connectivity index is 0.000000351. The fourth-order valence-corrected chi connectivity index (χ4v) is 1.07. The molecule has 1 fully saturated rings. The van der Waals surface area contributed by atoms with Crippen molar-refractivity contribution in [1.82, 2.24) is 0 Å². The minimum Gasteiger partial charge on any atom is -0.393 e. The third kappa shape index (κ3) is 8.43. The highest BCUT2D eigenvalue weighted by atomic mass is 16.6. The number of hydrogen-bond donors (Lipinski definition) is 0. The fraction of sp³-hybridized carbons (Fsp3) is 0.667. The highest BCUT2D eigenvalue weighted by Crippen LogP contribution is 2.03. The lowest BCUT2D eigenvalue weighted by Crippen LogP contribution is -2.10. The number of esters is 4. The van der Waals surface area contributed by atoms with E-state index in [1.54, 1.807) is 0 Å². The van der Waals surface area contributed by atoms with E-state index in [0.717, 1.165) is 12.8 Å². The van der Waals surface area contributed by atoms with Crippen molar-refractivity contribution in [1.29, 1.82) is 0 Å². The van der Waals surface area contributed by atoms with E-state index in [1.807, 2.05) is 13.8 Å². The Morgan fingerprint density at radius 3 is 1.61 bits per heavy atom. The van der Waals surface area contributed by atoms with Crippen molar-refractivity contribution in [3.8, 4) is 0 Å². The molecule has 1 aliphatic heterocycles. The van der Waals surface area contributed by atoms with Gasteiger partial charge in [0.2, 0.25) is 0 Å². The van der Waals surface area contributed by atoms with Crippen molar-refractivity contribution in [2.75, 3.05) is 0 Å². The van der Waals surface area contributed by atoms with E-state index in [-0.39, 0.29) is 12.8 Å². The molecular formula is C12H18O6. The van der Waals surface area contributed by atoms with Crippen LogP contribution in [0.4, 0.5) is 0 Å². The quantitative estimate of drug-likeness (QED) is 0.561. The molecule has 0 aromatic rings. The predicted octanol–water partition coefficient (Wildman–Crippen LogP) is 1.51. The zero-order valence-electron chi connectivity index (χ0n) is 10.7. The van der Waals surface area contributed by atoms with Gasteiger partial charge in [0.15, 0.2) is 0 Å². The van der Waals surface area contributed by atoms with Gasteiger partial charge < -0.3 is 9.47 Å². The molecule has 0 unspecified atom stereocenters. The second-order valence-electron chi connectivity index (χ2n) is 3.69. The van der Waals surface area contributed by atoms with Gasteiger partial charge in [-0.15, -0.1) is 0 Å². The van der Waals surface area contributed by atoms with Gasteiger partial charge in [-0.1, -0.05) is 13.8 Å². The van der Waals surface area contributed by atoms with Gasteiger partial charge in [-0.25, -0.2) is 0 Å². The van der Waals surface area contributed by atoms with Gasteiger partial charge in [-0.05, 0) is 12.8 Å². The normalized spacial score (nSPS) is 13.4. The molecule has 0 radical (unpaired) electrons. The molecule has 0 saturated carbocycles. The Morgan fingerprint density at radius 1 is 1.00 bits per heavy atom. The van der Waals surface area contributed by atoms with E-state index in [0.29, 0.717) is 12.8 Å². The zero-order chi connectivity index (χ0) is 14.0. The number of ether oxygens (including phenoxy) is 2. The summed E-state index contributed by atoms with van der Waals surface area (Å²) in [4.78, 5) is 41.4. The van der Waals surface area contributed by atoms with Crippen molar-refractivity contribution < 1.29 is 28.7 Å². The lowest BCUT2D eigenvalue weighted by atomic mass is 10.3. The fourth-order valence-electron chi connectivity index (χ4n) is 1.07. The third-order valence-corrected chi connectivity index (χ3v) is 1.90. The first-order chi connectivity index (χ1) is 8.49. The van der Waals surface area contributed by atoms with Crippen LogP contribution in [0.15, 0.2) is 0 Å². The Kier molecular flexibility index (Phi) is 8.43. The maximum atomic E-state index is 10.7. The van der Waals surface area contributed by atoms with Crippen LogP contribution in [0, 0.1) is 0 Å². The molecule has 6 nitrogen and oxygen atoms in total. The van der Waals surface area contributed by atoms with Gasteiger partial charge in [-0.3, -0.25) is 19.2 Å². The molecule has 102 valence electrons. The molecule has 1 aliphatic rings. The Morgan fingerprint density at radius 2 is 1.39 bits per heavy atom. The van der Waals surface area contributed by atoms with Crippen molar-refractivity contribution in [2.45, 2.75) is 52.4 Å². The van der Waals surface area contributed by atoms with E-state index in [4.69, 9.17) is 0 Å². The molecule has 0 amide bonds. The topological polar surface area (TPSA) is 86.7 Å². The second-order valence-corrected chi connectivity index (χ2v) is 3.69. The van der Waals surface area contributed by atoms with Crippen molar-refractivity contribution in [3.05, 3.63) is 0 Å². The minimum atomic E-state index is -0.411. The van der Waals surface area contributed by atoms with Gasteiger partial charge in [0.25, 0.3) is 0 Å². The average Bonchev–Trinajstić information content (AvgIpc) is 2.63. The zero-order valence-corrected chi connectivity index (χ0v) is 10.7. The standard InChI is InChI=1S/C8H14O3.C4H4O3/c1-3-5-7(9)11-8(10)6-4-2;5-3-1-2-4(6)7-3/h3-6H2,1-2H3;1-2H2. The third-order valence-electron chi connectivity index (χ3n) is 1.90. The number of cyclic esters (lactones) is 2. The second kappa shape index (κ2) is 9.32. The molecule has 0 bridgehead atoms. The van der Waals surface area contributed by atoms with Gasteiger partial charge in [0, 0.05) is 12.8 Å². The summed E-state index contributed by atoms with van der Waals surface area (Å²) in [5, 5.41) is 0. The van der Waals surface area contributed by atoms with E-state index < -0.39 is 23.9 Å². The number of carbonyl (C=O) groups is 4. The van der Waals surface area contributed by atoms with Crippen LogP contribution in [0.2, 0.25) is 0 Å². The van der Waals surface area contributed by atoms with Crippen LogP contribution in [0.5, 0.6) is 0 Å². The molecule has 0 aromatic carbocycles. The lowest BCUT2D eigenvalue weighted by Gasteiger charge is -1.98. The number of carbonyl (C=O) groups excluding carboxylic acids is 4. The van der Waals surface area contributed by atoms with Crippen molar-refractivity contribution >= 4 is 23.9 Å². The highest BCUT2D eigenvalue weighted by molar-refractivity contribution is 5.92. The molecule has 0 aromatic heterocycles. The average molecular weight is 258 g/mol. The highest BCUT2D eigenvalue weighted by Gasteiger charge is 2.19. The SMILES string of the molecule is CCCC(=O)OC(=O)CCC.O=C1CCC(=O)O1. The lowest BCUT2D eigenvalue weighted by molar-refractivity contribution is -0.160. The molecule has 6 heteroatoms. The first kappa shape index (κ1) is 16.3. The van der Waals surface area contributed by atoms with Crippen molar-refractivity contribution in [2.24, 2.45) is 0 Å². The Hall–Kier alpha value is -1.72. The molecule has 1 rings (SSSR count). The van der Waals surface area contributed by atoms with Gasteiger partial charge in [0.1, 0.15) is 0 Å². The Bertz CT molecular complexity index is 291. The summed E-state index contributed by atoms with van der Waals surface area (Å²) in [6.45, 7) is 3.73. The summed E-state index contributed by atoms with van der Waals surface area (Å²) in [6.07, 6.45) is 2.62. The van der Waals surface area contributed by atoms with E-state index >= 15 is 0 Å². The summed E-state index contributed by atoms with van der Waals surface area (Å²) in [5.41, 5.74) is 0. The van der Waals surface area contributed by atoms with Crippen LogP contribution in [0.1, 0.15) is 52.4 Å². The van der Waals surface area contributed by atoms with E-state index in [1.165, 1.54) is 0 Å². The smallest absolute Gasteiger partial charge is 0.314 e. The predicted molar refractivity (Wildman–Crippen MR) is 61.2 cm³/mol. The Labute approximate surface area is 106 Å². The van der Waals surface area contributed by atoms with Gasteiger partial charge in [-0.2, -0.15) is 0 Å². The molecule has 0 spiro atoms. The summed E-state index contributed by atoms with van der Waals surface area (Å²) in [6, 6.07) is 0. The molecule has 0 atom stereocenters. The number of hydrogen-bond acceptors (Lipinski definition) is 6. The van der Waals surface area contributed by atoms with Crippen molar-refractivity contribution in [3.63, 3.8) is 0 Å². The van der Waals surface area contributed by atoms with Gasteiger partial charge in [0.05, 0.1) is 12.8 Å². The van der Waals surface area contributed by atoms with Crippen LogP contribution in [-0.2, 0) is 28.7 Å². The van der Waals surface area contributed by atoms with Crippen LogP contribution in [0.25, 0.3) is 0 Å². The maximum Gasteiger partial charge on any atom is 0.314 e. The largest absolute Gasteiger partial charge is 0.393 e. The summed E-state index contributed by atoms with van der Waals surface area (Å²) >= 11 is 0. The van der Waals surface area contributed by atoms with E-state index in [9.17, 15) is 19.2 Å². The van der Waals surface area contributed by atoms with Crippen LogP contribution >= 0.6 is 0 Å². The van der Waals surface area contributed by atoms with Crippen LogP contribution in [0.3, 0.4) is 0 Å². The summed E-state index contributed by atoms with van der Waals surface area (Å²) in [7, 11) is 0. The molecule has 0 aliphatic carbocycles. The number of rotatable bonds is 4. The van der Waals surface area contributed by atoms with Crippen LogP contribution < -0.4 is 0 Å².